The highest BCUT2D eigenvalue weighted by Gasteiger charge is 2.54. The highest BCUT2D eigenvalue weighted by Crippen LogP contribution is 2.49. The SMILES string of the molecule is CC(=O)O[C@H](C)C#C[C@@]1(O)C(C)=CC2(CC1(C)C)OCCO2. The molecule has 22 heavy (non-hydrogen) atoms. The molecular weight excluding hydrogens is 284 g/mol. The average molecular weight is 308 g/mol. The maximum Gasteiger partial charge on any atom is 0.303 e. The van der Waals surface area contributed by atoms with Gasteiger partial charge in [-0.15, -0.1) is 0 Å². The van der Waals surface area contributed by atoms with Crippen LogP contribution in [0.25, 0.3) is 0 Å². The van der Waals surface area contributed by atoms with Crippen LogP contribution in [0.15, 0.2) is 11.6 Å². The smallest absolute Gasteiger partial charge is 0.303 e. The first-order valence-corrected chi connectivity index (χ1v) is 7.50. The van der Waals surface area contributed by atoms with Gasteiger partial charge in [-0.3, -0.25) is 4.79 Å². The number of carbonyl (C=O) groups is 1. The molecule has 0 aromatic rings. The molecule has 0 radical (unpaired) electrons. The second kappa shape index (κ2) is 5.69. The van der Waals surface area contributed by atoms with E-state index >= 15 is 0 Å². The highest BCUT2D eigenvalue weighted by molar-refractivity contribution is 5.66. The molecular formula is C17H24O5. The average Bonchev–Trinajstić information content (AvgIpc) is 2.80. The molecule has 1 spiro atoms. The molecule has 1 saturated heterocycles. The van der Waals surface area contributed by atoms with Crippen LogP contribution in [0, 0.1) is 17.3 Å². The molecule has 1 N–H and O–H groups in total. The molecule has 2 rings (SSSR count). The van der Waals surface area contributed by atoms with Crippen molar-refractivity contribution in [3.8, 4) is 11.8 Å². The molecule has 0 aromatic carbocycles. The van der Waals surface area contributed by atoms with Gasteiger partial charge in [0.25, 0.3) is 0 Å². The summed E-state index contributed by atoms with van der Waals surface area (Å²) < 4.78 is 16.5. The van der Waals surface area contributed by atoms with E-state index in [0.29, 0.717) is 25.2 Å². The lowest BCUT2D eigenvalue weighted by atomic mass is 9.63. The topological polar surface area (TPSA) is 65.0 Å². The van der Waals surface area contributed by atoms with Crippen LogP contribution < -0.4 is 0 Å². The first kappa shape index (κ1) is 17.0. The summed E-state index contributed by atoms with van der Waals surface area (Å²) in [5, 5.41) is 11.1. The Labute approximate surface area is 131 Å². The molecule has 0 bridgehead atoms. The Morgan fingerprint density at radius 2 is 2.00 bits per heavy atom. The zero-order valence-corrected chi connectivity index (χ0v) is 13.9. The van der Waals surface area contributed by atoms with Crippen LogP contribution in [-0.2, 0) is 19.0 Å². The first-order valence-electron chi connectivity index (χ1n) is 7.50. The van der Waals surface area contributed by atoms with Crippen LogP contribution in [0.1, 0.15) is 41.0 Å². The lowest BCUT2D eigenvalue weighted by Crippen LogP contribution is -2.53. The summed E-state index contributed by atoms with van der Waals surface area (Å²) in [6, 6.07) is 0. The molecule has 122 valence electrons. The molecule has 1 fully saturated rings. The van der Waals surface area contributed by atoms with E-state index in [-0.39, 0.29) is 0 Å². The van der Waals surface area contributed by atoms with Crippen molar-refractivity contribution < 1.29 is 24.1 Å². The number of hydrogen-bond donors (Lipinski definition) is 1. The number of hydrogen-bond acceptors (Lipinski definition) is 5. The number of ether oxygens (including phenoxy) is 3. The minimum absolute atomic E-state index is 0.393. The van der Waals surface area contributed by atoms with Crippen molar-refractivity contribution in [3.05, 3.63) is 11.6 Å². The lowest BCUT2D eigenvalue weighted by Gasteiger charge is -2.48. The van der Waals surface area contributed by atoms with E-state index in [2.05, 4.69) is 11.8 Å². The summed E-state index contributed by atoms with van der Waals surface area (Å²) in [6.45, 7) is 9.79. The summed E-state index contributed by atoms with van der Waals surface area (Å²) >= 11 is 0. The van der Waals surface area contributed by atoms with Gasteiger partial charge in [-0.25, -0.2) is 0 Å². The Bertz CT molecular complexity index is 545. The summed E-state index contributed by atoms with van der Waals surface area (Å²) in [5.74, 6) is 4.57. The van der Waals surface area contributed by atoms with E-state index in [9.17, 15) is 9.90 Å². The van der Waals surface area contributed by atoms with Gasteiger partial charge in [0, 0.05) is 18.8 Å². The van der Waals surface area contributed by atoms with Crippen molar-refractivity contribution in [2.24, 2.45) is 5.41 Å². The first-order chi connectivity index (χ1) is 10.1. The normalized spacial score (nSPS) is 30.2. The molecule has 5 nitrogen and oxygen atoms in total. The number of esters is 1. The van der Waals surface area contributed by atoms with Crippen molar-refractivity contribution >= 4 is 5.97 Å². The van der Waals surface area contributed by atoms with Gasteiger partial charge in [0.2, 0.25) is 0 Å². The van der Waals surface area contributed by atoms with Crippen molar-refractivity contribution in [1.82, 2.24) is 0 Å². The van der Waals surface area contributed by atoms with Gasteiger partial charge in [0.05, 0.1) is 13.2 Å². The Kier molecular flexibility index (Phi) is 4.40. The zero-order valence-electron chi connectivity index (χ0n) is 13.9. The van der Waals surface area contributed by atoms with Gasteiger partial charge in [-0.05, 0) is 25.5 Å². The van der Waals surface area contributed by atoms with Crippen molar-refractivity contribution in [2.75, 3.05) is 13.2 Å². The lowest BCUT2D eigenvalue weighted by molar-refractivity contribution is -0.169. The molecule has 1 aliphatic heterocycles. The predicted molar refractivity (Wildman–Crippen MR) is 80.7 cm³/mol. The van der Waals surface area contributed by atoms with Crippen LogP contribution >= 0.6 is 0 Å². The van der Waals surface area contributed by atoms with Gasteiger partial charge in [-0.2, -0.15) is 0 Å². The molecule has 0 unspecified atom stereocenters. The number of rotatable bonds is 1. The quantitative estimate of drug-likeness (QED) is 0.454. The Morgan fingerprint density at radius 3 is 2.50 bits per heavy atom. The summed E-state index contributed by atoms with van der Waals surface area (Å²) in [7, 11) is 0. The fourth-order valence-electron chi connectivity index (χ4n) is 3.17. The monoisotopic (exact) mass is 308 g/mol. The van der Waals surface area contributed by atoms with Crippen molar-refractivity contribution in [3.63, 3.8) is 0 Å². The van der Waals surface area contributed by atoms with Crippen LogP contribution in [0.2, 0.25) is 0 Å². The van der Waals surface area contributed by atoms with Crippen molar-refractivity contribution in [2.45, 2.75) is 58.5 Å². The molecule has 5 heteroatoms. The van der Waals surface area contributed by atoms with E-state index < -0.39 is 28.9 Å². The van der Waals surface area contributed by atoms with Gasteiger partial charge < -0.3 is 19.3 Å². The van der Waals surface area contributed by atoms with E-state index in [4.69, 9.17) is 14.2 Å². The third kappa shape index (κ3) is 3.05. The molecule has 0 aromatic heterocycles. The van der Waals surface area contributed by atoms with Gasteiger partial charge in [-0.1, -0.05) is 25.7 Å². The standard InChI is InChI=1S/C17H24O5/c1-12-10-16(20-8-9-21-16)11-15(4,5)17(12,19)7-6-13(2)22-14(3)18/h10,13,19H,8-9,11H2,1-5H3/t13-,17-/m1/s1. The fourth-order valence-corrected chi connectivity index (χ4v) is 3.17. The highest BCUT2D eigenvalue weighted by atomic mass is 16.7. The summed E-state index contributed by atoms with van der Waals surface area (Å²) in [6.07, 6.45) is 1.75. The minimum atomic E-state index is -1.32. The maximum atomic E-state index is 11.1. The maximum absolute atomic E-state index is 11.1. The molecule has 0 saturated carbocycles. The van der Waals surface area contributed by atoms with E-state index in [1.165, 1.54) is 6.92 Å². The summed E-state index contributed by atoms with van der Waals surface area (Å²) in [5.41, 5.74) is -1.20. The third-order valence-electron chi connectivity index (χ3n) is 4.25. The summed E-state index contributed by atoms with van der Waals surface area (Å²) in [4.78, 5) is 10.9. The fraction of sp³-hybridized carbons (Fsp3) is 0.706. The van der Waals surface area contributed by atoms with E-state index in [1.807, 2.05) is 26.8 Å². The van der Waals surface area contributed by atoms with E-state index in [1.54, 1.807) is 6.92 Å². The Hall–Kier alpha value is -1.35. The Morgan fingerprint density at radius 1 is 1.41 bits per heavy atom. The van der Waals surface area contributed by atoms with Gasteiger partial charge >= 0.3 is 5.97 Å². The van der Waals surface area contributed by atoms with Crippen LogP contribution in [0.4, 0.5) is 0 Å². The second-order valence-electron chi connectivity index (χ2n) is 6.63. The molecule has 0 amide bonds. The van der Waals surface area contributed by atoms with Crippen molar-refractivity contribution in [1.29, 1.82) is 0 Å². The molecule has 1 aliphatic carbocycles. The van der Waals surface area contributed by atoms with Crippen LogP contribution in [0.3, 0.4) is 0 Å². The predicted octanol–water partition coefficient (Wildman–Crippen LogP) is 1.79. The number of aliphatic hydroxyl groups is 1. The molecule has 1 heterocycles. The molecule has 2 aliphatic rings. The largest absolute Gasteiger partial charge is 0.450 e. The molecule has 2 atom stereocenters. The van der Waals surface area contributed by atoms with Crippen LogP contribution in [0.5, 0.6) is 0 Å². The van der Waals surface area contributed by atoms with Crippen LogP contribution in [-0.4, -0.2) is 41.8 Å². The van der Waals surface area contributed by atoms with E-state index in [0.717, 1.165) is 0 Å². The zero-order chi connectivity index (χ0) is 16.6. The second-order valence-corrected chi connectivity index (χ2v) is 6.63. The van der Waals surface area contributed by atoms with Gasteiger partial charge in [0.15, 0.2) is 17.5 Å². The number of carbonyl (C=O) groups excluding carboxylic acids is 1. The third-order valence-corrected chi connectivity index (χ3v) is 4.25. The minimum Gasteiger partial charge on any atom is -0.450 e. The Balaban J connectivity index is 2.32. The van der Waals surface area contributed by atoms with Gasteiger partial charge in [0.1, 0.15) is 0 Å².